The third-order valence-corrected chi connectivity index (χ3v) is 6.72. The number of rotatable bonds is 6. The van der Waals surface area contributed by atoms with Crippen LogP contribution >= 0.6 is 11.8 Å². The van der Waals surface area contributed by atoms with Crippen LogP contribution in [0.4, 0.5) is 0 Å². The predicted molar refractivity (Wildman–Crippen MR) is 98.7 cm³/mol. The van der Waals surface area contributed by atoms with Crippen molar-refractivity contribution in [1.29, 1.82) is 0 Å². The van der Waals surface area contributed by atoms with Gasteiger partial charge in [-0.3, -0.25) is 9.59 Å². The molecule has 5 nitrogen and oxygen atoms in total. The van der Waals surface area contributed by atoms with E-state index >= 15 is 0 Å². The molecule has 1 saturated carbocycles. The maximum absolute atomic E-state index is 11.9. The van der Waals surface area contributed by atoms with Gasteiger partial charge in [-0.05, 0) is 58.1 Å². The van der Waals surface area contributed by atoms with E-state index in [4.69, 9.17) is 14.5 Å². The van der Waals surface area contributed by atoms with Crippen LogP contribution in [0.2, 0.25) is 0 Å². The van der Waals surface area contributed by atoms with Gasteiger partial charge in [-0.15, -0.1) is 11.8 Å². The van der Waals surface area contributed by atoms with Gasteiger partial charge in [-0.25, -0.2) is 9.78 Å². The number of benzene rings is 1. The molecule has 0 spiro atoms. The summed E-state index contributed by atoms with van der Waals surface area (Å²) in [5.41, 5.74) is -1.11. The Balaban J connectivity index is 1.60. The molecule has 2 fully saturated rings. The monoisotopic (exact) mass is 378 g/mol. The van der Waals surface area contributed by atoms with E-state index in [-0.39, 0.29) is 23.9 Å². The Morgan fingerprint density at radius 2 is 2.00 bits per heavy atom. The molecular weight excluding hydrogens is 352 g/mol. The molecule has 142 valence electrons. The fourth-order valence-corrected chi connectivity index (χ4v) is 4.77. The molecule has 26 heavy (non-hydrogen) atoms. The minimum atomic E-state index is -0.739. The summed E-state index contributed by atoms with van der Waals surface area (Å²) in [5, 5.41) is 0. The smallest absolute Gasteiger partial charge is 0.313 e. The van der Waals surface area contributed by atoms with E-state index in [2.05, 4.69) is 19.1 Å². The Bertz CT molecular complexity index is 663. The summed E-state index contributed by atoms with van der Waals surface area (Å²) >= 11 is 1.76. The Hall–Kier alpha value is -1.37. The standard InChI is InChI=1S/C20H26O5S/c1-14(21)11-18(22)23-19(2)10-9-15-12-17(19)24-25-20(15,3)13-26-16-7-5-4-6-8-16/h4-8,15,17H,9-13H2,1-3H3/t15-,17-,19-,20+/m1/s1. The number of carbonyl (C=O) groups excluding carboxylic acids is 2. The summed E-state index contributed by atoms with van der Waals surface area (Å²) in [7, 11) is 0. The maximum Gasteiger partial charge on any atom is 0.313 e. The molecule has 0 radical (unpaired) electrons. The molecule has 0 N–H and O–H groups in total. The SMILES string of the molecule is CC(=O)CC(=O)O[C@]1(C)CC[C@@H]2C[C@H]1OO[C@@]2(C)CSc1ccccc1. The van der Waals surface area contributed by atoms with E-state index in [1.165, 1.54) is 11.8 Å². The van der Waals surface area contributed by atoms with E-state index in [9.17, 15) is 9.59 Å². The molecule has 0 unspecified atom stereocenters. The largest absolute Gasteiger partial charge is 0.456 e. The van der Waals surface area contributed by atoms with Crippen molar-refractivity contribution in [3.8, 4) is 0 Å². The van der Waals surface area contributed by atoms with Crippen molar-refractivity contribution < 1.29 is 24.1 Å². The molecule has 2 bridgehead atoms. The lowest BCUT2D eigenvalue weighted by molar-refractivity contribution is -0.441. The molecule has 1 saturated heterocycles. The number of Topliss-reactive ketones (excluding diaryl/α,β-unsaturated/α-hetero) is 1. The van der Waals surface area contributed by atoms with Gasteiger partial charge in [0.15, 0.2) is 0 Å². The van der Waals surface area contributed by atoms with Gasteiger partial charge in [0.1, 0.15) is 29.5 Å². The Morgan fingerprint density at radius 3 is 2.69 bits per heavy atom. The Labute approximate surface area is 158 Å². The third-order valence-electron chi connectivity index (χ3n) is 5.40. The molecule has 6 heteroatoms. The number of esters is 1. The highest BCUT2D eigenvalue weighted by Gasteiger charge is 2.54. The summed E-state index contributed by atoms with van der Waals surface area (Å²) in [5.74, 6) is 0.459. The quantitative estimate of drug-likeness (QED) is 0.323. The Kier molecular flexibility index (Phi) is 5.75. The number of ether oxygens (including phenoxy) is 1. The third kappa shape index (κ3) is 4.30. The van der Waals surface area contributed by atoms with Gasteiger partial charge in [-0.2, -0.15) is 0 Å². The second kappa shape index (κ2) is 7.71. The van der Waals surface area contributed by atoms with Crippen molar-refractivity contribution in [2.45, 2.75) is 68.7 Å². The van der Waals surface area contributed by atoms with Crippen LogP contribution in [0, 0.1) is 5.92 Å². The lowest BCUT2D eigenvalue weighted by Crippen LogP contribution is -2.59. The van der Waals surface area contributed by atoms with Gasteiger partial charge in [0, 0.05) is 10.6 Å². The topological polar surface area (TPSA) is 61.8 Å². The number of hydrogen-bond acceptors (Lipinski definition) is 6. The molecule has 2 aliphatic rings. The summed E-state index contributed by atoms with van der Waals surface area (Å²) in [6, 6.07) is 10.2. The summed E-state index contributed by atoms with van der Waals surface area (Å²) in [4.78, 5) is 35.8. The molecule has 0 aromatic heterocycles. The van der Waals surface area contributed by atoms with Crippen molar-refractivity contribution in [1.82, 2.24) is 0 Å². The molecular formula is C20H26O5S. The fourth-order valence-electron chi connectivity index (χ4n) is 3.68. The second-order valence-corrected chi connectivity index (χ2v) is 8.77. The van der Waals surface area contributed by atoms with Crippen LogP contribution in [0.5, 0.6) is 0 Å². The number of fused-ring (bicyclic) bond motifs is 2. The zero-order valence-electron chi connectivity index (χ0n) is 15.5. The van der Waals surface area contributed by atoms with Crippen LogP contribution in [-0.2, 0) is 24.1 Å². The van der Waals surface area contributed by atoms with Crippen molar-refractivity contribution in [2.75, 3.05) is 5.75 Å². The van der Waals surface area contributed by atoms with Crippen LogP contribution in [0.1, 0.15) is 46.5 Å². The molecule has 1 heterocycles. The Morgan fingerprint density at radius 1 is 1.27 bits per heavy atom. The molecule has 1 aromatic carbocycles. The first kappa shape index (κ1) is 19.4. The van der Waals surface area contributed by atoms with Crippen LogP contribution in [0.15, 0.2) is 35.2 Å². The first-order chi connectivity index (χ1) is 12.3. The van der Waals surface area contributed by atoms with E-state index in [1.807, 2.05) is 25.1 Å². The average molecular weight is 378 g/mol. The van der Waals surface area contributed by atoms with Gasteiger partial charge >= 0.3 is 5.97 Å². The average Bonchev–Trinajstić information content (AvgIpc) is 2.59. The maximum atomic E-state index is 11.9. The van der Waals surface area contributed by atoms with Crippen molar-refractivity contribution in [2.24, 2.45) is 5.92 Å². The lowest BCUT2D eigenvalue weighted by atomic mass is 9.71. The number of carbonyl (C=O) groups is 2. The summed E-state index contributed by atoms with van der Waals surface area (Å²) in [6.45, 7) is 5.35. The predicted octanol–water partition coefficient (Wildman–Crippen LogP) is 3.95. The first-order valence-electron chi connectivity index (χ1n) is 9.04. The molecule has 1 aromatic rings. The fraction of sp³-hybridized carbons (Fsp3) is 0.600. The van der Waals surface area contributed by atoms with E-state index in [1.54, 1.807) is 11.8 Å². The highest BCUT2D eigenvalue weighted by atomic mass is 32.2. The highest BCUT2D eigenvalue weighted by molar-refractivity contribution is 7.99. The molecule has 1 aliphatic heterocycles. The number of hydrogen-bond donors (Lipinski definition) is 0. The highest BCUT2D eigenvalue weighted by Crippen LogP contribution is 2.48. The van der Waals surface area contributed by atoms with Crippen molar-refractivity contribution >= 4 is 23.5 Å². The van der Waals surface area contributed by atoms with E-state index in [0.717, 1.165) is 18.6 Å². The minimum absolute atomic E-state index is 0.196. The number of ketones is 1. The van der Waals surface area contributed by atoms with Crippen molar-refractivity contribution in [3.63, 3.8) is 0 Å². The van der Waals surface area contributed by atoms with Gasteiger partial charge in [0.05, 0.1) is 0 Å². The van der Waals surface area contributed by atoms with E-state index < -0.39 is 11.6 Å². The molecule has 0 amide bonds. The molecule has 1 aliphatic carbocycles. The normalized spacial score (nSPS) is 33.5. The second-order valence-electron chi connectivity index (χ2n) is 7.72. The van der Waals surface area contributed by atoms with Gasteiger partial charge in [-0.1, -0.05) is 18.2 Å². The zero-order valence-corrected chi connectivity index (χ0v) is 16.3. The summed E-state index contributed by atoms with van der Waals surface area (Å²) in [6.07, 6.45) is 1.90. The van der Waals surface area contributed by atoms with Crippen LogP contribution in [0.25, 0.3) is 0 Å². The van der Waals surface area contributed by atoms with Crippen LogP contribution in [0.3, 0.4) is 0 Å². The van der Waals surface area contributed by atoms with Crippen molar-refractivity contribution in [3.05, 3.63) is 30.3 Å². The van der Waals surface area contributed by atoms with Gasteiger partial charge in [0.25, 0.3) is 0 Å². The molecule has 3 rings (SSSR count). The molecule has 4 atom stereocenters. The van der Waals surface area contributed by atoms with E-state index in [0.29, 0.717) is 12.3 Å². The lowest BCUT2D eigenvalue weighted by Gasteiger charge is -2.51. The van der Waals surface area contributed by atoms with Crippen LogP contribution < -0.4 is 0 Å². The van der Waals surface area contributed by atoms with Crippen LogP contribution in [-0.4, -0.2) is 34.8 Å². The zero-order chi connectivity index (χ0) is 18.8. The van der Waals surface area contributed by atoms with Gasteiger partial charge in [0.2, 0.25) is 0 Å². The summed E-state index contributed by atoms with van der Waals surface area (Å²) < 4.78 is 5.60. The van der Waals surface area contributed by atoms with Gasteiger partial charge < -0.3 is 4.74 Å². The number of thioether (sulfide) groups is 1. The minimum Gasteiger partial charge on any atom is -0.456 e. The first-order valence-corrected chi connectivity index (χ1v) is 10.0.